The fourth-order valence-corrected chi connectivity index (χ4v) is 3.36. The van der Waals surface area contributed by atoms with Crippen LogP contribution in [0.3, 0.4) is 0 Å². The number of aromatic hydroxyl groups is 2. The molecule has 1 aliphatic heterocycles. The summed E-state index contributed by atoms with van der Waals surface area (Å²) in [4.78, 5) is 4.24. The van der Waals surface area contributed by atoms with E-state index in [1.165, 1.54) is 12.1 Å². The van der Waals surface area contributed by atoms with E-state index in [2.05, 4.69) is 23.3 Å². The minimum Gasteiger partial charge on any atom is -0.507 e. The number of nitrogens with two attached hydrogens (primary N) is 1. The minimum absolute atomic E-state index is 0.0792. The molecule has 0 aliphatic carbocycles. The lowest BCUT2D eigenvalue weighted by molar-refractivity contribution is 0.339. The number of nitrogens with zero attached hydrogens (tertiary/aromatic N) is 2. The van der Waals surface area contributed by atoms with Crippen molar-refractivity contribution in [1.82, 2.24) is 10.3 Å². The van der Waals surface area contributed by atoms with Crippen molar-refractivity contribution in [3.63, 3.8) is 0 Å². The SMILES string of the molecule is CC1(c2cc(-c3c(O)cccc3O)nc(N)c2C#N)CCCNC1. The van der Waals surface area contributed by atoms with Gasteiger partial charge in [0.15, 0.2) is 0 Å². The number of hydrogen-bond donors (Lipinski definition) is 4. The Bertz CT molecular complexity index is 800. The quantitative estimate of drug-likeness (QED) is 0.673. The van der Waals surface area contributed by atoms with Crippen LogP contribution < -0.4 is 11.1 Å². The van der Waals surface area contributed by atoms with Crippen molar-refractivity contribution >= 4 is 5.82 Å². The number of nitriles is 1. The summed E-state index contributed by atoms with van der Waals surface area (Å²) >= 11 is 0. The molecule has 0 bridgehead atoms. The van der Waals surface area contributed by atoms with Crippen molar-refractivity contribution in [2.24, 2.45) is 0 Å². The van der Waals surface area contributed by atoms with E-state index >= 15 is 0 Å². The third-order valence-electron chi connectivity index (χ3n) is 4.68. The topological polar surface area (TPSA) is 115 Å². The van der Waals surface area contributed by atoms with E-state index in [9.17, 15) is 15.5 Å². The van der Waals surface area contributed by atoms with Gasteiger partial charge in [-0.3, -0.25) is 0 Å². The highest BCUT2D eigenvalue weighted by Gasteiger charge is 2.33. The zero-order valence-electron chi connectivity index (χ0n) is 13.5. The first-order valence-corrected chi connectivity index (χ1v) is 7.89. The van der Waals surface area contributed by atoms with Crippen molar-refractivity contribution in [3.05, 3.63) is 35.4 Å². The van der Waals surface area contributed by atoms with Crippen LogP contribution in [0.25, 0.3) is 11.3 Å². The summed E-state index contributed by atoms with van der Waals surface area (Å²) in [6.45, 7) is 3.77. The molecular formula is C18H20N4O2. The maximum atomic E-state index is 10.1. The average molecular weight is 324 g/mol. The zero-order chi connectivity index (χ0) is 17.3. The monoisotopic (exact) mass is 324 g/mol. The number of pyridine rings is 1. The number of anilines is 1. The summed E-state index contributed by atoms with van der Waals surface area (Å²) in [6.07, 6.45) is 1.92. The number of phenols is 2. The first-order chi connectivity index (χ1) is 11.5. The lowest BCUT2D eigenvalue weighted by atomic mass is 9.74. The van der Waals surface area contributed by atoms with Crippen LogP contribution in [0.4, 0.5) is 5.82 Å². The van der Waals surface area contributed by atoms with E-state index in [1.54, 1.807) is 12.1 Å². The van der Waals surface area contributed by atoms with Crippen LogP contribution in [0.15, 0.2) is 24.3 Å². The van der Waals surface area contributed by atoms with Gasteiger partial charge in [-0.05, 0) is 43.1 Å². The van der Waals surface area contributed by atoms with Gasteiger partial charge in [0.05, 0.1) is 16.8 Å². The number of benzene rings is 1. The molecule has 6 nitrogen and oxygen atoms in total. The molecule has 1 aliphatic rings. The molecule has 1 fully saturated rings. The van der Waals surface area contributed by atoms with Crippen molar-refractivity contribution in [1.29, 1.82) is 5.26 Å². The fraction of sp³-hybridized carbons (Fsp3) is 0.333. The molecule has 124 valence electrons. The molecule has 0 amide bonds. The van der Waals surface area contributed by atoms with Gasteiger partial charge in [0, 0.05) is 12.0 Å². The predicted molar refractivity (Wildman–Crippen MR) is 91.6 cm³/mol. The van der Waals surface area contributed by atoms with Crippen LogP contribution in [0.1, 0.15) is 30.9 Å². The van der Waals surface area contributed by atoms with E-state index in [-0.39, 0.29) is 28.3 Å². The Labute approximate surface area is 140 Å². The predicted octanol–water partition coefficient (Wildman–Crippen LogP) is 2.25. The van der Waals surface area contributed by atoms with Crippen LogP contribution in [-0.2, 0) is 5.41 Å². The maximum Gasteiger partial charge on any atom is 0.142 e. The van der Waals surface area contributed by atoms with E-state index in [0.717, 1.165) is 31.5 Å². The van der Waals surface area contributed by atoms with E-state index in [0.29, 0.717) is 11.3 Å². The number of piperidine rings is 1. The standard InChI is InChI=1S/C18H20N4O2/c1-18(6-3-7-21-10-18)12-8-13(22-17(20)11(12)9-19)16-14(23)4-2-5-15(16)24/h2,4-5,8,21,23-24H,3,6-7,10H2,1H3,(H2,20,22). The molecule has 1 aromatic heterocycles. The fourth-order valence-electron chi connectivity index (χ4n) is 3.36. The Morgan fingerprint density at radius 1 is 1.33 bits per heavy atom. The number of nitrogens with one attached hydrogen (secondary N) is 1. The van der Waals surface area contributed by atoms with Crippen LogP contribution in [0, 0.1) is 11.3 Å². The summed E-state index contributed by atoms with van der Waals surface area (Å²) in [5.41, 5.74) is 7.51. The Morgan fingerprint density at radius 3 is 2.62 bits per heavy atom. The molecule has 24 heavy (non-hydrogen) atoms. The minimum atomic E-state index is -0.255. The summed E-state index contributed by atoms with van der Waals surface area (Å²) < 4.78 is 0. The van der Waals surface area contributed by atoms with E-state index in [1.807, 2.05) is 0 Å². The molecule has 1 atom stereocenters. The number of rotatable bonds is 2. The van der Waals surface area contributed by atoms with Gasteiger partial charge in [0.2, 0.25) is 0 Å². The maximum absolute atomic E-state index is 10.1. The van der Waals surface area contributed by atoms with Gasteiger partial charge < -0.3 is 21.3 Å². The molecule has 1 unspecified atom stereocenters. The smallest absolute Gasteiger partial charge is 0.142 e. The molecule has 2 heterocycles. The highest BCUT2D eigenvalue weighted by molar-refractivity contribution is 5.76. The van der Waals surface area contributed by atoms with Crippen molar-refractivity contribution < 1.29 is 10.2 Å². The van der Waals surface area contributed by atoms with Gasteiger partial charge in [0.1, 0.15) is 23.4 Å². The Hall–Kier alpha value is -2.78. The first kappa shape index (κ1) is 16.1. The second-order valence-corrected chi connectivity index (χ2v) is 6.44. The van der Waals surface area contributed by atoms with Crippen LogP contribution in [-0.4, -0.2) is 28.3 Å². The van der Waals surface area contributed by atoms with Gasteiger partial charge in [-0.25, -0.2) is 4.98 Å². The highest BCUT2D eigenvalue weighted by atomic mass is 16.3. The van der Waals surface area contributed by atoms with Crippen LogP contribution in [0.2, 0.25) is 0 Å². The zero-order valence-corrected chi connectivity index (χ0v) is 13.5. The summed E-state index contributed by atoms with van der Waals surface area (Å²) in [7, 11) is 0. The van der Waals surface area contributed by atoms with Crippen molar-refractivity contribution in [3.8, 4) is 28.8 Å². The van der Waals surface area contributed by atoms with Gasteiger partial charge >= 0.3 is 0 Å². The Kier molecular flexibility index (Phi) is 4.04. The second kappa shape index (κ2) is 6.02. The van der Waals surface area contributed by atoms with Gasteiger partial charge in [-0.15, -0.1) is 0 Å². The molecule has 1 saturated heterocycles. The van der Waals surface area contributed by atoms with Crippen LogP contribution >= 0.6 is 0 Å². The molecule has 5 N–H and O–H groups in total. The van der Waals surface area contributed by atoms with Crippen LogP contribution in [0.5, 0.6) is 11.5 Å². The molecule has 0 radical (unpaired) electrons. The van der Waals surface area contributed by atoms with Gasteiger partial charge in [-0.2, -0.15) is 5.26 Å². The van der Waals surface area contributed by atoms with E-state index < -0.39 is 0 Å². The summed E-state index contributed by atoms with van der Waals surface area (Å²) in [6, 6.07) is 8.43. The van der Waals surface area contributed by atoms with Gasteiger partial charge in [-0.1, -0.05) is 13.0 Å². The van der Waals surface area contributed by atoms with Gasteiger partial charge in [0.25, 0.3) is 0 Å². The normalized spacial score (nSPS) is 20.5. The number of aromatic nitrogens is 1. The Morgan fingerprint density at radius 2 is 2.04 bits per heavy atom. The Balaban J connectivity index is 2.23. The number of nitrogen functional groups attached to an aromatic ring is 1. The largest absolute Gasteiger partial charge is 0.507 e. The molecular weight excluding hydrogens is 304 g/mol. The average Bonchev–Trinajstić information content (AvgIpc) is 2.55. The lowest BCUT2D eigenvalue weighted by Crippen LogP contribution is -2.41. The van der Waals surface area contributed by atoms with E-state index in [4.69, 9.17) is 5.73 Å². The molecule has 0 spiro atoms. The molecule has 2 aromatic rings. The molecule has 3 rings (SSSR count). The third-order valence-corrected chi connectivity index (χ3v) is 4.68. The first-order valence-electron chi connectivity index (χ1n) is 7.89. The summed E-state index contributed by atoms with van der Waals surface area (Å²) in [5, 5.41) is 33.1. The lowest BCUT2D eigenvalue weighted by Gasteiger charge is -2.35. The molecule has 1 aromatic carbocycles. The number of hydrogen-bond acceptors (Lipinski definition) is 6. The summed E-state index contributed by atoms with van der Waals surface area (Å²) in [5.74, 6) is -0.0478. The second-order valence-electron chi connectivity index (χ2n) is 6.44. The highest BCUT2D eigenvalue weighted by Crippen LogP contribution is 2.41. The number of phenolic OH excluding ortho intramolecular Hbond substituents is 2. The third kappa shape index (κ3) is 2.63. The molecule has 0 saturated carbocycles. The molecule has 6 heteroatoms. The van der Waals surface area contributed by atoms with Crippen molar-refractivity contribution in [2.75, 3.05) is 18.8 Å². The van der Waals surface area contributed by atoms with Crippen molar-refractivity contribution in [2.45, 2.75) is 25.2 Å².